The quantitative estimate of drug-likeness (QED) is 0.746. The molecule has 0 spiro atoms. The molecule has 0 amide bonds. The molecule has 0 saturated carbocycles. The number of hydrogen-bond donors (Lipinski definition) is 1. The van der Waals surface area contributed by atoms with Crippen LogP contribution in [-0.2, 0) is 39.6 Å². The molecule has 0 bridgehead atoms. The van der Waals surface area contributed by atoms with Crippen LogP contribution in [0.1, 0.15) is 13.3 Å². The van der Waals surface area contributed by atoms with Gasteiger partial charge in [0.25, 0.3) is 0 Å². The first-order valence-electron chi connectivity index (χ1n) is 2.12. The van der Waals surface area contributed by atoms with E-state index in [4.69, 9.17) is 5.11 Å². The Morgan fingerprint density at radius 2 is 2.12 bits per heavy atom. The van der Waals surface area contributed by atoms with E-state index in [2.05, 4.69) is 6.92 Å². The van der Waals surface area contributed by atoms with Crippen molar-refractivity contribution in [2.75, 3.05) is 0 Å². The summed E-state index contributed by atoms with van der Waals surface area (Å²) in [5.74, 6) is 0. The van der Waals surface area contributed by atoms with Gasteiger partial charge in [-0.3, -0.25) is 0 Å². The summed E-state index contributed by atoms with van der Waals surface area (Å²) in [7, 11) is 0. The third-order valence-corrected chi connectivity index (χ3v) is 0.508. The van der Waals surface area contributed by atoms with Crippen molar-refractivity contribution in [3.63, 3.8) is 0 Å². The zero-order valence-corrected chi connectivity index (χ0v) is 9.20. The topological polar surface area (TPSA) is 20.2 Å². The molecular weight excluding hydrogens is 311 g/mol. The first-order valence-corrected chi connectivity index (χ1v) is 2.12. The van der Waals surface area contributed by atoms with Crippen LogP contribution in [0.15, 0.2) is 0 Å². The van der Waals surface area contributed by atoms with E-state index in [-0.39, 0.29) is 39.6 Å². The van der Waals surface area contributed by atoms with E-state index in [0.717, 1.165) is 6.42 Å². The summed E-state index contributed by atoms with van der Waals surface area (Å²) in [6.45, 7) is 5.29. The van der Waals surface area contributed by atoms with Crippen LogP contribution in [0.2, 0.25) is 0 Å². The number of aliphatic hydroxyl groups is 1. The maximum absolute atomic E-state index is 8.39. The SMILES string of the molecule is [CH2-]C(O)[CH-]CC.[V].[W]. The fourth-order valence-electron chi connectivity index (χ4n) is 0.272. The standard InChI is InChI=1S/C5H10O.V.W/c1-3-4-5(2)6;;/h4-6H,2-3H2,1H3;;/q-2;;. The molecule has 0 aliphatic rings. The smallest absolute Gasteiger partial charge is 0 e. The zero-order chi connectivity index (χ0) is 4.99. The van der Waals surface area contributed by atoms with Crippen molar-refractivity contribution in [3.05, 3.63) is 13.3 Å². The molecule has 1 atom stereocenters. The Kier molecular flexibility index (Phi) is 22.3. The van der Waals surface area contributed by atoms with Gasteiger partial charge < -0.3 is 18.5 Å². The van der Waals surface area contributed by atoms with E-state index < -0.39 is 6.10 Å². The van der Waals surface area contributed by atoms with E-state index in [0.29, 0.717) is 0 Å². The predicted octanol–water partition coefficient (Wildman–Crippen LogP) is 0.791. The second kappa shape index (κ2) is 11.1. The van der Waals surface area contributed by atoms with Crippen LogP contribution in [0.4, 0.5) is 0 Å². The third kappa shape index (κ3) is 15.7. The zero-order valence-electron chi connectivity index (χ0n) is 4.87. The molecule has 1 radical (unpaired) electrons. The molecule has 0 aromatic carbocycles. The Hall–Kier alpha value is 1.23. The molecule has 0 aliphatic carbocycles. The summed E-state index contributed by atoms with van der Waals surface area (Å²) in [6.07, 6.45) is 2.15. The predicted molar refractivity (Wildman–Crippen MR) is 26.0 cm³/mol. The summed E-state index contributed by atoms with van der Waals surface area (Å²) in [4.78, 5) is 0. The number of aliphatic hydroxyl groups excluding tert-OH is 1. The van der Waals surface area contributed by atoms with Gasteiger partial charge >= 0.3 is 0 Å². The summed E-state index contributed by atoms with van der Waals surface area (Å²) in [5.41, 5.74) is 0. The normalized spacial score (nSPS) is 10.9. The molecule has 1 nitrogen and oxygen atoms in total. The van der Waals surface area contributed by atoms with E-state index in [1.165, 1.54) is 0 Å². The van der Waals surface area contributed by atoms with Crippen LogP contribution in [0, 0.1) is 13.3 Å². The molecule has 1 unspecified atom stereocenters. The van der Waals surface area contributed by atoms with E-state index in [1.807, 2.05) is 6.92 Å². The van der Waals surface area contributed by atoms with Crippen molar-refractivity contribution in [2.24, 2.45) is 0 Å². The maximum atomic E-state index is 8.39. The second-order valence-corrected chi connectivity index (χ2v) is 1.21. The molecule has 0 saturated heterocycles. The third-order valence-electron chi connectivity index (χ3n) is 0.508. The first kappa shape index (κ1) is 16.1. The van der Waals surface area contributed by atoms with Gasteiger partial charge in [0.2, 0.25) is 0 Å². The molecule has 0 aromatic rings. The summed E-state index contributed by atoms with van der Waals surface area (Å²) < 4.78 is 0. The first-order chi connectivity index (χ1) is 2.77. The van der Waals surface area contributed by atoms with E-state index in [9.17, 15) is 0 Å². The molecule has 0 rings (SSSR count). The molecule has 49 valence electrons. The van der Waals surface area contributed by atoms with Gasteiger partial charge in [-0.25, -0.2) is 0 Å². The Morgan fingerprint density at radius 3 is 2.12 bits per heavy atom. The van der Waals surface area contributed by atoms with Gasteiger partial charge in [-0.15, -0.1) is 0 Å². The molecule has 0 fully saturated rings. The van der Waals surface area contributed by atoms with Gasteiger partial charge in [0.1, 0.15) is 0 Å². The van der Waals surface area contributed by atoms with Crippen molar-refractivity contribution in [2.45, 2.75) is 19.4 Å². The van der Waals surface area contributed by atoms with Crippen molar-refractivity contribution in [1.29, 1.82) is 0 Å². The Balaban J connectivity index is -0.000000125. The summed E-state index contributed by atoms with van der Waals surface area (Å²) in [5, 5.41) is 8.39. The molecule has 1 N–H and O–H groups in total. The van der Waals surface area contributed by atoms with Gasteiger partial charge in [0, 0.05) is 39.6 Å². The molecule has 0 heterocycles. The van der Waals surface area contributed by atoms with Crippen molar-refractivity contribution < 1.29 is 44.7 Å². The van der Waals surface area contributed by atoms with Crippen LogP contribution in [0.25, 0.3) is 0 Å². The van der Waals surface area contributed by atoms with Crippen molar-refractivity contribution in [1.82, 2.24) is 0 Å². The van der Waals surface area contributed by atoms with Crippen LogP contribution in [0.5, 0.6) is 0 Å². The van der Waals surface area contributed by atoms with Gasteiger partial charge in [0.15, 0.2) is 0 Å². The van der Waals surface area contributed by atoms with Crippen LogP contribution in [0.3, 0.4) is 0 Å². The summed E-state index contributed by atoms with van der Waals surface area (Å²) in [6, 6.07) is 0. The van der Waals surface area contributed by atoms with Gasteiger partial charge in [-0.2, -0.15) is 12.5 Å². The van der Waals surface area contributed by atoms with Gasteiger partial charge in [-0.1, -0.05) is 6.92 Å². The second-order valence-electron chi connectivity index (χ2n) is 1.21. The Labute approximate surface area is 77.4 Å². The van der Waals surface area contributed by atoms with E-state index in [1.54, 1.807) is 6.42 Å². The minimum absolute atomic E-state index is 0. The molecule has 0 aromatic heterocycles. The molecule has 8 heavy (non-hydrogen) atoms. The summed E-state index contributed by atoms with van der Waals surface area (Å²) >= 11 is 0. The fraction of sp³-hybridized carbons (Fsp3) is 0.600. The number of hydrogen-bond acceptors (Lipinski definition) is 1. The van der Waals surface area contributed by atoms with Gasteiger partial charge in [-0.05, 0) is 0 Å². The Bertz CT molecular complexity index is 33.6. The van der Waals surface area contributed by atoms with Crippen LogP contribution in [-0.4, -0.2) is 11.2 Å². The Morgan fingerprint density at radius 1 is 1.75 bits per heavy atom. The molecule has 0 aliphatic heterocycles. The number of rotatable bonds is 2. The van der Waals surface area contributed by atoms with Crippen LogP contribution >= 0.6 is 0 Å². The van der Waals surface area contributed by atoms with E-state index >= 15 is 0 Å². The molecular formula is C5H10OVW-2. The van der Waals surface area contributed by atoms with Gasteiger partial charge in [0.05, 0.1) is 0 Å². The fourth-order valence-corrected chi connectivity index (χ4v) is 0.272. The largest absolute Gasteiger partial charge is 0.456 e. The van der Waals surface area contributed by atoms with Crippen molar-refractivity contribution in [3.8, 4) is 0 Å². The minimum atomic E-state index is -0.477. The maximum Gasteiger partial charge on any atom is 0 e. The average molecular weight is 321 g/mol. The minimum Gasteiger partial charge on any atom is -0.456 e. The van der Waals surface area contributed by atoms with Crippen molar-refractivity contribution >= 4 is 0 Å². The monoisotopic (exact) mass is 321 g/mol. The molecule has 3 heteroatoms. The van der Waals surface area contributed by atoms with Crippen LogP contribution < -0.4 is 0 Å². The average Bonchev–Trinajstić information content (AvgIpc) is 1.35.